The van der Waals surface area contributed by atoms with Crippen LogP contribution in [-0.4, -0.2) is 84.4 Å². The van der Waals surface area contributed by atoms with E-state index in [0.29, 0.717) is 45.2 Å². The molecule has 0 spiro atoms. The van der Waals surface area contributed by atoms with Gasteiger partial charge in [0.05, 0.1) is 40.8 Å². The van der Waals surface area contributed by atoms with Gasteiger partial charge in [0, 0.05) is 43.5 Å². The largest absolute Gasteiger partial charge is 0.474 e. The molecule has 0 bridgehead atoms. The minimum atomic E-state index is -0.682. The molecule has 0 radical (unpaired) electrons. The molecule has 4 aromatic rings. The predicted octanol–water partition coefficient (Wildman–Crippen LogP) is 5.06. The molecular formula is C32H34Cl2N6O4. The van der Waals surface area contributed by atoms with Crippen molar-refractivity contribution in [2.24, 2.45) is 0 Å². The van der Waals surface area contributed by atoms with E-state index in [4.69, 9.17) is 37.7 Å². The first-order chi connectivity index (χ1) is 21.2. The maximum Gasteiger partial charge on any atom is 0.343 e. The van der Waals surface area contributed by atoms with E-state index in [1.54, 1.807) is 37.5 Å². The number of carbonyl (C=O) groups is 1. The number of benzene rings is 1. The third-order valence-electron chi connectivity index (χ3n) is 8.32. The van der Waals surface area contributed by atoms with Crippen LogP contribution in [0.5, 0.6) is 5.88 Å². The van der Waals surface area contributed by atoms with Crippen molar-refractivity contribution >= 4 is 51.6 Å². The van der Waals surface area contributed by atoms with Gasteiger partial charge in [-0.05, 0) is 70.3 Å². The fourth-order valence-corrected chi connectivity index (χ4v) is 6.23. The topological polar surface area (TPSA) is 93.0 Å². The van der Waals surface area contributed by atoms with Gasteiger partial charge in [-0.3, -0.25) is 4.79 Å². The van der Waals surface area contributed by atoms with Gasteiger partial charge in [0.2, 0.25) is 11.3 Å². The van der Waals surface area contributed by atoms with E-state index in [-0.39, 0.29) is 18.2 Å². The first-order valence-corrected chi connectivity index (χ1v) is 15.4. The van der Waals surface area contributed by atoms with Crippen molar-refractivity contribution in [2.45, 2.75) is 31.8 Å². The average molecular weight is 638 g/mol. The molecular weight excluding hydrogens is 603 g/mol. The number of ether oxygens (including phenoxy) is 2. The van der Waals surface area contributed by atoms with Gasteiger partial charge in [-0.1, -0.05) is 23.2 Å². The number of rotatable bonds is 9. The van der Waals surface area contributed by atoms with E-state index in [1.165, 1.54) is 6.20 Å². The van der Waals surface area contributed by atoms with Crippen LogP contribution in [-0.2, 0) is 4.74 Å². The zero-order valence-corrected chi connectivity index (χ0v) is 26.4. The minimum Gasteiger partial charge on any atom is -0.474 e. The molecule has 3 aromatic heterocycles. The maximum absolute atomic E-state index is 13.6. The van der Waals surface area contributed by atoms with Gasteiger partial charge < -0.3 is 28.7 Å². The van der Waals surface area contributed by atoms with Gasteiger partial charge >= 0.3 is 5.97 Å². The number of carbonyl (C=O) groups excluding carboxylic acids is 1. The molecule has 2 saturated heterocycles. The summed E-state index contributed by atoms with van der Waals surface area (Å²) in [6.45, 7) is 4.80. The summed E-state index contributed by atoms with van der Waals surface area (Å²) in [6.07, 6.45) is 6.78. The lowest BCUT2D eigenvalue weighted by atomic mass is 10.1. The van der Waals surface area contributed by atoms with E-state index in [1.807, 2.05) is 22.8 Å². The summed E-state index contributed by atoms with van der Waals surface area (Å²) in [5.74, 6) is 0.579. The van der Waals surface area contributed by atoms with Crippen LogP contribution in [0.4, 0.5) is 11.5 Å². The highest BCUT2D eigenvalue weighted by Crippen LogP contribution is 2.36. The van der Waals surface area contributed by atoms with Crippen molar-refractivity contribution in [1.29, 1.82) is 0 Å². The highest BCUT2D eigenvalue weighted by molar-refractivity contribution is 6.34. The van der Waals surface area contributed by atoms with Gasteiger partial charge in [-0.25, -0.2) is 14.8 Å². The first kappa shape index (κ1) is 30.2. The number of anilines is 2. The fourth-order valence-electron chi connectivity index (χ4n) is 5.78. The maximum atomic E-state index is 13.6. The highest BCUT2D eigenvalue weighted by atomic mass is 35.5. The predicted molar refractivity (Wildman–Crippen MR) is 173 cm³/mol. The van der Waals surface area contributed by atoms with Crippen molar-refractivity contribution in [2.75, 3.05) is 56.7 Å². The molecule has 0 amide bonds. The van der Waals surface area contributed by atoms with Crippen molar-refractivity contribution in [3.63, 3.8) is 0 Å². The van der Waals surface area contributed by atoms with Crippen LogP contribution in [0.3, 0.4) is 0 Å². The Labute approximate surface area is 265 Å². The molecule has 6 rings (SSSR count). The number of aromatic nitrogens is 3. The summed E-state index contributed by atoms with van der Waals surface area (Å²) in [7, 11) is 4.16. The minimum absolute atomic E-state index is 0.0190. The summed E-state index contributed by atoms with van der Waals surface area (Å²) in [4.78, 5) is 42.0. The van der Waals surface area contributed by atoms with Crippen LogP contribution in [0, 0.1) is 0 Å². The Kier molecular flexibility index (Phi) is 8.66. The number of nitrogens with zero attached hydrogens (tertiary/aromatic N) is 6. The van der Waals surface area contributed by atoms with Crippen LogP contribution in [0.25, 0.3) is 16.6 Å². The lowest BCUT2D eigenvalue weighted by Gasteiger charge is -2.43. The number of hydrogen-bond donors (Lipinski definition) is 0. The molecule has 2 aliphatic rings. The van der Waals surface area contributed by atoms with Gasteiger partial charge in [-0.2, -0.15) is 0 Å². The van der Waals surface area contributed by atoms with Crippen molar-refractivity contribution < 1.29 is 14.3 Å². The van der Waals surface area contributed by atoms with Gasteiger partial charge in [-0.15, -0.1) is 0 Å². The molecule has 44 heavy (non-hydrogen) atoms. The number of halogens is 2. The lowest BCUT2D eigenvalue weighted by molar-refractivity contribution is 0.0524. The second-order valence-corrected chi connectivity index (χ2v) is 12.1. The molecule has 1 atom stereocenters. The van der Waals surface area contributed by atoms with Gasteiger partial charge in [0.1, 0.15) is 23.0 Å². The molecule has 2 fully saturated rings. The third-order valence-corrected chi connectivity index (χ3v) is 8.91. The molecule has 0 unspecified atom stereocenters. The zero-order valence-electron chi connectivity index (χ0n) is 24.9. The van der Waals surface area contributed by atoms with Crippen molar-refractivity contribution in [3.05, 3.63) is 80.8 Å². The van der Waals surface area contributed by atoms with Gasteiger partial charge in [0.15, 0.2) is 0 Å². The fraction of sp³-hybridized carbons (Fsp3) is 0.375. The van der Waals surface area contributed by atoms with Crippen LogP contribution in [0.2, 0.25) is 10.0 Å². The highest BCUT2D eigenvalue weighted by Gasteiger charge is 2.30. The second kappa shape index (κ2) is 12.6. The average Bonchev–Trinajstić information content (AvgIpc) is 3.45. The lowest BCUT2D eigenvalue weighted by Crippen LogP contribution is -2.57. The number of pyridine rings is 3. The Morgan fingerprint density at radius 1 is 1.11 bits per heavy atom. The molecule has 5 heterocycles. The number of hydrogen-bond acceptors (Lipinski definition) is 9. The molecule has 1 aromatic carbocycles. The van der Waals surface area contributed by atoms with Crippen LogP contribution >= 0.6 is 23.2 Å². The monoisotopic (exact) mass is 636 g/mol. The summed E-state index contributed by atoms with van der Waals surface area (Å²) < 4.78 is 13.0. The van der Waals surface area contributed by atoms with Crippen LogP contribution < -0.4 is 20.0 Å². The second-order valence-electron chi connectivity index (χ2n) is 11.3. The smallest absolute Gasteiger partial charge is 0.343 e. The van der Waals surface area contributed by atoms with Gasteiger partial charge in [0.25, 0.3) is 0 Å². The summed E-state index contributed by atoms with van der Waals surface area (Å²) in [6, 6.07) is 11.5. The molecule has 10 nitrogen and oxygen atoms in total. The Hall–Kier alpha value is -3.86. The van der Waals surface area contributed by atoms with Crippen molar-refractivity contribution in [1.82, 2.24) is 19.4 Å². The Morgan fingerprint density at radius 3 is 2.64 bits per heavy atom. The molecule has 0 saturated carbocycles. The Balaban J connectivity index is 1.38. The first-order valence-electron chi connectivity index (χ1n) is 14.7. The third kappa shape index (κ3) is 5.81. The number of fused-ring (bicyclic) bond motifs is 1. The van der Waals surface area contributed by atoms with Crippen LogP contribution in [0.1, 0.15) is 30.1 Å². The van der Waals surface area contributed by atoms with E-state index in [0.717, 1.165) is 44.0 Å². The molecule has 230 valence electrons. The number of likely N-dealkylation sites (N-methyl/N-ethyl adjacent to an activating group) is 1. The molecule has 0 aliphatic carbocycles. The Morgan fingerprint density at radius 2 is 1.93 bits per heavy atom. The summed E-state index contributed by atoms with van der Waals surface area (Å²) in [5.41, 5.74) is 1.58. The van der Waals surface area contributed by atoms with Crippen molar-refractivity contribution in [3.8, 4) is 11.6 Å². The summed E-state index contributed by atoms with van der Waals surface area (Å²) >= 11 is 13.1. The Bertz CT molecular complexity index is 1740. The van der Waals surface area contributed by atoms with E-state index >= 15 is 0 Å². The SMILES string of the molecule is CCOC(=O)c1cn(-c2ccc(N3CC(N(C)C)C3)nc2)c2cc(N3CCC[C@@H]3COc3ncccc3Cl)c(Cl)cc2c1=O. The van der Waals surface area contributed by atoms with E-state index in [9.17, 15) is 9.59 Å². The standard InChI is InChI=1S/C32H34Cl2N6O4/c1-4-43-32(42)24-18-40(20-9-10-29(36-15-20)38-16-22(17-38)37(2)3)27-14-28(26(34)13-23(27)30(24)41)39-12-6-7-21(39)19-44-31-25(33)8-5-11-35-31/h5,8-11,13-15,18,21-22H,4,6-7,12,16-17,19H2,1-3H3/t21-/m1/s1. The zero-order chi connectivity index (χ0) is 31.0. The summed E-state index contributed by atoms with van der Waals surface area (Å²) in [5, 5.41) is 1.18. The van der Waals surface area contributed by atoms with E-state index < -0.39 is 11.4 Å². The van der Waals surface area contributed by atoms with Crippen LogP contribution in [0.15, 0.2) is 59.8 Å². The molecule has 0 N–H and O–H groups in total. The normalized spacial score (nSPS) is 16.9. The molecule has 12 heteroatoms. The number of esters is 1. The van der Waals surface area contributed by atoms with E-state index in [2.05, 4.69) is 33.8 Å². The quantitative estimate of drug-likeness (QED) is 0.234. The molecule has 2 aliphatic heterocycles.